The number of anilines is 1. The molecule has 1 atom stereocenters. The van der Waals surface area contributed by atoms with E-state index < -0.39 is 0 Å². The highest BCUT2D eigenvalue weighted by Gasteiger charge is 2.26. The largest absolute Gasteiger partial charge is 0.330 e. The lowest BCUT2D eigenvalue weighted by molar-refractivity contribution is -0.118. The van der Waals surface area contributed by atoms with Gasteiger partial charge < -0.3 is 10.6 Å². The number of rotatable bonds is 2. The average Bonchev–Trinajstić information content (AvgIpc) is 2.29. The molecule has 0 spiro atoms. The lowest BCUT2D eigenvalue weighted by Crippen LogP contribution is -2.42. The zero-order chi connectivity index (χ0) is 11.5. The smallest absolute Gasteiger partial charge is 0.228 e. The second-order valence-electron chi connectivity index (χ2n) is 4.32. The summed E-state index contributed by atoms with van der Waals surface area (Å²) in [5.74, 6) is 0.141. The van der Waals surface area contributed by atoms with E-state index in [9.17, 15) is 4.79 Å². The zero-order valence-electron chi connectivity index (χ0n) is 9.65. The summed E-state index contributed by atoms with van der Waals surface area (Å²) in [6.45, 7) is 2.52. The topological polar surface area (TPSA) is 46.3 Å². The van der Waals surface area contributed by atoms with Crippen LogP contribution in [0.25, 0.3) is 0 Å². The van der Waals surface area contributed by atoms with Crippen LogP contribution in [-0.2, 0) is 11.2 Å². The van der Waals surface area contributed by atoms with Crippen molar-refractivity contribution in [1.29, 1.82) is 0 Å². The van der Waals surface area contributed by atoms with Crippen LogP contribution in [-0.4, -0.2) is 18.5 Å². The van der Waals surface area contributed by atoms with Crippen LogP contribution < -0.4 is 10.6 Å². The maximum absolute atomic E-state index is 12.0. The standard InChI is InChI=1S/C13H18N2O/c1-10-6-7-11-4-2-3-5-12(11)15(10)13(16)8-9-14/h2-5,10H,6-9,14H2,1H3/t10-/m1/s1. The number of aryl methyl sites for hydroxylation is 1. The van der Waals surface area contributed by atoms with Gasteiger partial charge in [0.15, 0.2) is 0 Å². The lowest BCUT2D eigenvalue weighted by atomic mass is 9.96. The van der Waals surface area contributed by atoms with Crippen molar-refractivity contribution < 1.29 is 4.79 Å². The molecule has 1 aliphatic rings. The van der Waals surface area contributed by atoms with Crippen LogP contribution in [0, 0.1) is 0 Å². The number of para-hydroxylation sites is 1. The van der Waals surface area contributed by atoms with Crippen molar-refractivity contribution >= 4 is 11.6 Å². The Morgan fingerprint density at radius 1 is 1.50 bits per heavy atom. The number of nitrogens with zero attached hydrogens (tertiary/aromatic N) is 1. The van der Waals surface area contributed by atoms with Crippen LogP contribution >= 0.6 is 0 Å². The average molecular weight is 218 g/mol. The molecule has 3 heteroatoms. The highest BCUT2D eigenvalue weighted by molar-refractivity contribution is 5.95. The Labute approximate surface area is 96.2 Å². The minimum Gasteiger partial charge on any atom is -0.330 e. The van der Waals surface area contributed by atoms with Gasteiger partial charge in [-0.3, -0.25) is 4.79 Å². The first-order chi connectivity index (χ1) is 7.74. The van der Waals surface area contributed by atoms with Crippen molar-refractivity contribution in [2.24, 2.45) is 5.73 Å². The van der Waals surface area contributed by atoms with Gasteiger partial charge in [0.05, 0.1) is 0 Å². The van der Waals surface area contributed by atoms with E-state index in [0.29, 0.717) is 13.0 Å². The molecular formula is C13H18N2O. The van der Waals surface area contributed by atoms with Crippen molar-refractivity contribution in [3.63, 3.8) is 0 Å². The fourth-order valence-corrected chi connectivity index (χ4v) is 2.31. The number of benzene rings is 1. The summed E-state index contributed by atoms with van der Waals surface area (Å²) in [5, 5.41) is 0. The molecule has 1 aromatic carbocycles. The van der Waals surface area contributed by atoms with E-state index in [0.717, 1.165) is 18.5 Å². The molecule has 86 valence electrons. The van der Waals surface area contributed by atoms with E-state index in [4.69, 9.17) is 5.73 Å². The van der Waals surface area contributed by atoms with Gasteiger partial charge in [-0.1, -0.05) is 18.2 Å². The molecule has 0 saturated carbocycles. The van der Waals surface area contributed by atoms with E-state index in [1.54, 1.807) is 0 Å². The van der Waals surface area contributed by atoms with Gasteiger partial charge in [0.2, 0.25) is 5.91 Å². The van der Waals surface area contributed by atoms with Gasteiger partial charge in [0.1, 0.15) is 0 Å². The van der Waals surface area contributed by atoms with E-state index in [1.807, 2.05) is 23.1 Å². The predicted molar refractivity (Wildman–Crippen MR) is 65.4 cm³/mol. The Hall–Kier alpha value is -1.35. The van der Waals surface area contributed by atoms with Gasteiger partial charge in [-0.15, -0.1) is 0 Å². The zero-order valence-corrected chi connectivity index (χ0v) is 9.65. The summed E-state index contributed by atoms with van der Waals surface area (Å²) in [7, 11) is 0. The van der Waals surface area contributed by atoms with Gasteiger partial charge >= 0.3 is 0 Å². The number of amides is 1. The summed E-state index contributed by atoms with van der Waals surface area (Å²) < 4.78 is 0. The van der Waals surface area contributed by atoms with E-state index in [1.165, 1.54) is 5.56 Å². The van der Waals surface area contributed by atoms with Crippen LogP contribution in [0.4, 0.5) is 5.69 Å². The molecule has 2 N–H and O–H groups in total. The molecule has 16 heavy (non-hydrogen) atoms. The van der Waals surface area contributed by atoms with Gasteiger partial charge in [0.25, 0.3) is 0 Å². The minimum absolute atomic E-state index is 0.141. The first kappa shape index (κ1) is 11.1. The minimum atomic E-state index is 0.141. The molecule has 0 fully saturated rings. The number of hydrogen-bond donors (Lipinski definition) is 1. The molecule has 1 aromatic rings. The maximum Gasteiger partial charge on any atom is 0.228 e. The number of carbonyl (C=O) groups excluding carboxylic acids is 1. The second-order valence-corrected chi connectivity index (χ2v) is 4.32. The second kappa shape index (κ2) is 4.66. The summed E-state index contributed by atoms with van der Waals surface area (Å²) in [6, 6.07) is 8.43. The van der Waals surface area contributed by atoms with E-state index in [2.05, 4.69) is 13.0 Å². The summed E-state index contributed by atoms with van der Waals surface area (Å²) in [5.41, 5.74) is 7.79. The van der Waals surface area contributed by atoms with E-state index in [-0.39, 0.29) is 11.9 Å². The highest BCUT2D eigenvalue weighted by atomic mass is 16.2. The SMILES string of the molecule is C[C@@H]1CCc2ccccc2N1C(=O)CCN. The maximum atomic E-state index is 12.0. The fraction of sp³-hybridized carbons (Fsp3) is 0.462. The number of nitrogens with two attached hydrogens (primary N) is 1. The normalized spacial score (nSPS) is 19.4. The lowest BCUT2D eigenvalue weighted by Gasteiger charge is -2.35. The fourth-order valence-electron chi connectivity index (χ4n) is 2.31. The molecule has 0 aromatic heterocycles. The summed E-state index contributed by atoms with van der Waals surface area (Å²) in [6.07, 6.45) is 2.52. The molecule has 0 bridgehead atoms. The molecule has 0 unspecified atom stereocenters. The Balaban J connectivity index is 2.33. The van der Waals surface area contributed by atoms with Gasteiger partial charge in [-0.25, -0.2) is 0 Å². The predicted octanol–water partition coefficient (Wildman–Crippen LogP) is 1.70. The van der Waals surface area contributed by atoms with Crippen LogP contribution in [0.5, 0.6) is 0 Å². The molecule has 1 amide bonds. The quantitative estimate of drug-likeness (QED) is 0.821. The molecule has 3 nitrogen and oxygen atoms in total. The van der Waals surface area contributed by atoms with Crippen molar-refractivity contribution in [1.82, 2.24) is 0 Å². The first-order valence-electron chi connectivity index (χ1n) is 5.84. The Bertz CT molecular complexity index is 389. The summed E-state index contributed by atoms with van der Waals surface area (Å²) >= 11 is 0. The summed E-state index contributed by atoms with van der Waals surface area (Å²) in [4.78, 5) is 13.9. The van der Waals surface area contributed by atoms with Crippen LogP contribution in [0.3, 0.4) is 0 Å². The van der Waals surface area contributed by atoms with Crippen molar-refractivity contribution in [2.75, 3.05) is 11.4 Å². The number of fused-ring (bicyclic) bond motifs is 1. The number of hydrogen-bond acceptors (Lipinski definition) is 2. The Kier molecular flexibility index (Phi) is 3.25. The van der Waals surface area contributed by atoms with Crippen molar-refractivity contribution in [2.45, 2.75) is 32.2 Å². The first-order valence-corrected chi connectivity index (χ1v) is 5.84. The van der Waals surface area contributed by atoms with Crippen molar-refractivity contribution in [3.8, 4) is 0 Å². The molecule has 1 heterocycles. The van der Waals surface area contributed by atoms with Gasteiger partial charge in [-0.05, 0) is 31.4 Å². The van der Waals surface area contributed by atoms with Gasteiger partial charge in [-0.2, -0.15) is 0 Å². The van der Waals surface area contributed by atoms with Crippen LogP contribution in [0.15, 0.2) is 24.3 Å². The molecular weight excluding hydrogens is 200 g/mol. The third-order valence-corrected chi connectivity index (χ3v) is 3.15. The molecule has 2 rings (SSSR count). The monoisotopic (exact) mass is 218 g/mol. The van der Waals surface area contributed by atoms with E-state index >= 15 is 0 Å². The number of carbonyl (C=O) groups is 1. The van der Waals surface area contributed by atoms with Crippen LogP contribution in [0.1, 0.15) is 25.3 Å². The Morgan fingerprint density at radius 2 is 2.25 bits per heavy atom. The molecule has 0 aliphatic carbocycles. The highest BCUT2D eigenvalue weighted by Crippen LogP contribution is 2.30. The van der Waals surface area contributed by atoms with Gasteiger partial charge in [0, 0.05) is 24.7 Å². The molecule has 0 radical (unpaired) electrons. The third kappa shape index (κ3) is 1.95. The Morgan fingerprint density at radius 3 is 3.00 bits per heavy atom. The molecule has 1 aliphatic heterocycles. The molecule has 0 saturated heterocycles. The third-order valence-electron chi connectivity index (χ3n) is 3.15. The van der Waals surface area contributed by atoms with Crippen molar-refractivity contribution in [3.05, 3.63) is 29.8 Å². The van der Waals surface area contributed by atoms with Crippen LogP contribution in [0.2, 0.25) is 0 Å².